The Labute approximate surface area is 164 Å². The number of carbonyl (C=O) groups excluding carboxylic acids is 1. The van der Waals surface area contributed by atoms with Gasteiger partial charge in [-0.05, 0) is 93.3 Å². The number of carbonyl (C=O) groups is 1. The van der Waals surface area contributed by atoms with Gasteiger partial charge in [0.15, 0.2) is 0 Å². The van der Waals surface area contributed by atoms with Crippen molar-refractivity contribution >= 4 is 5.78 Å². The van der Waals surface area contributed by atoms with Gasteiger partial charge in [-0.15, -0.1) is 0 Å². The summed E-state index contributed by atoms with van der Waals surface area (Å²) in [4.78, 5) is 12.3. The number of hydrogen-bond acceptors (Lipinski definition) is 4. The lowest BCUT2D eigenvalue weighted by molar-refractivity contribution is -0.176. The van der Waals surface area contributed by atoms with E-state index in [1.807, 2.05) is 6.92 Å². The summed E-state index contributed by atoms with van der Waals surface area (Å²) in [6.45, 7) is 9.25. The average Bonchev–Trinajstić information content (AvgIpc) is 2.92. The Balaban J connectivity index is 1.65. The molecule has 0 bridgehead atoms. The molecule has 0 saturated heterocycles. The predicted octanol–water partition coefficient (Wildman–Crippen LogP) is 3.55. The zero-order valence-corrected chi connectivity index (χ0v) is 17.6. The molecule has 0 unspecified atom stereocenters. The van der Waals surface area contributed by atoms with Crippen molar-refractivity contribution in [2.24, 2.45) is 46.2 Å². The first-order valence-corrected chi connectivity index (χ1v) is 11.3. The molecule has 3 N–H and O–H groups in total. The van der Waals surface area contributed by atoms with Crippen LogP contribution in [-0.2, 0) is 9.53 Å². The van der Waals surface area contributed by atoms with Crippen molar-refractivity contribution in [2.45, 2.75) is 90.9 Å². The number of aliphatic hydroxyl groups excluding tert-OH is 1. The van der Waals surface area contributed by atoms with Gasteiger partial charge in [0.2, 0.25) is 0 Å². The molecule has 0 radical (unpaired) electrons. The first kappa shape index (κ1) is 19.8. The molecular weight excluding hydrogens is 338 g/mol. The first-order chi connectivity index (χ1) is 12.7. The highest BCUT2D eigenvalue weighted by Crippen LogP contribution is 2.67. The van der Waals surface area contributed by atoms with Gasteiger partial charge in [0.1, 0.15) is 5.78 Å². The largest absolute Gasteiger partial charge is 0.390 e. The van der Waals surface area contributed by atoms with E-state index in [-0.39, 0.29) is 35.0 Å². The van der Waals surface area contributed by atoms with Crippen LogP contribution in [0.3, 0.4) is 0 Å². The summed E-state index contributed by atoms with van der Waals surface area (Å²) in [6.07, 6.45) is 7.03. The van der Waals surface area contributed by atoms with Gasteiger partial charge in [-0.3, -0.25) is 4.79 Å². The van der Waals surface area contributed by atoms with Crippen LogP contribution >= 0.6 is 0 Å². The van der Waals surface area contributed by atoms with Crippen LogP contribution < -0.4 is 5.73 Å². The zero-order chi connectivity index (χ0) is 19.6. The Morgan fingerprint density at radius 3 is 2.56 bits per heavy atom. The number of aliphatic hydroxyl groups is 1. The zero-order valence-electron chi connectivity index (χ0n) is 17.6. The van der Waals surface area contributed by atoms with Crippen LogP contribution in [0.25, 0.3) is 0 Å². The second kappa shape index (κ2) is 6.81. The van der Waals surface area contributed by atoms with Crippen LogP contribution in [0.4, 0.5) is 0 Å². The highest BCUT2D eigenvalue weighted by atomic mass is 16.5. The van der Waals surface area contributed by atoms with Crippen LogP contribution in [0, 0.1) is 40.4 Å². The molecule has 0 heterocycles. The molecule has 4 heteroatoms. The molecule has 154 valence electrons. The molecule has 0 amide bonds. The summed E-state index contributed by atoms with van der Waals surface area (Å²) in [5.74, 6) is 2.86. The standard InChI is InChI=1S/C23H39NO3/c1-5-27-20-12-22(3)14(10-19(20)26)6-7-15-17-9-8-16(13(2)25)23(17,4)11-18(24)21(15)22/h14-21,26H,5-12,24H2,1-4H3/t14-,15-,16+,17-,18+,19-,20-,21+,22-,23+/m0/s1. The minimum atomic E-state index is -0.335. The van der Waals surface area contributed by atoms with E-state index >= 15 is 0 Å². The molecule has 4 fully saturated rings. The Morgan fingerprint density at radius 2 is 1.89 bits per heavy atom. The number of ketones is 1. The van der Waals surface area contributed by atoms with Crippen molar-refractivity contribution in [3.05, 3.63) is 0 Å². The molecule has 4 saturated carbocycles. The van der Waals surface area contributed by atoms with Crippen molar-refractivity contribution in [2.75, 3.05) is 6.61 Å². The molecule has 4 nitrogen and oxygen atoms in total. The number of hydrogen-bond donors (Lipinski definition) is 2. The van der Waals surface area contributed by atoms with Gasteiger partial charge in [-0.1, -0.05) is 13.8 Å². The summed E-state index contributed by atoms with van der Waals surface area (Å²) in [5, 5.41) is 10.6. The SMILES string of the molecule is CCO[C@H]1C[C@@]2(C)[C@@H](CC[C@@H]3[C@@H]2[C@H](N)C[C@]2(C)[C@@H](C(C)=O)CC[C@@H]32)C[C@@H]1O. The number of fused-ring (bicyclic) bond motifs is 5. The second-order valence-corrected chi connectivity index (χ2v) is 10.7. The van der Waals surface area contributed by atoms with E-state index in [2.05, 4.69) is 13.8 Å². The van der Waals surface area contributed by atoms with Crippen molar-refractivity contribution in [1.29, 1.82) is 0 Å². The quantitative estimate of drug-likeness (QED) is 0.789. The number of rotatable bonds is 3. The third-order valence-electron chi connectivity index (χ3n) is 9.53. The predicted molar refractivity (Wildman–Crippen MR) is 106 cm³/mol. The molecule has 10 atom stereocenters. The Morgan fingerprint density at radius 1 is 1.15 bits per heavy atom. The molecule has 0 spiro atoms. The number of Topliss-reactive ketones (excluding diaryl/α,β-unsaturated/α-hetero) is 1. The number of ether oxygens (including phenoxy) is 1. The molecular formula is C23H39NO3. The molecule has 4 rings (SSSR count). The maximum atomic E-state index is 12.3. The summed E-state index contributed by atoms with van der Waals surface area (Å²) >= 11 is 0. The molecule has 0 aromatic carbocycles. The molecule has 0 aromatic heterocycles. The first-order valence-electron chi connectivity index (χ1n) is 11.3. The van der Waals surface area contributed by atoms with E-state index < -0.39 is 0 Å². The summed E-state index contributed by atoms with van der Waals surface area (Å²) in [6, 6.07) is 0.154. The smallest absolute Gasteiger partial charge is 0.133 e. The van der Waals surface area contributed by atoms with E-state index in [1.165, 1.54) is 19.3 Å². The van der Waals surface area contributed by atoms with Crippen LogP contribution in [0.2, 0.25) is 0 Å². The second-order valence-electron chi connectivity index (χ2n) is 10.7. The minimum Gasteiger partial charge on any atom is -0.390 e. The van der Waals surface area contributed by atoms with Crippen LogP contribution in [-0.4, -0.2) is 35.7 Å². The van der Waals surface area contributed by atoms with E-state index in [9.17, 15) is 9.90 Å². The molecule has 4 aliphatic carbocycles. The normalized spacial score (nSPS) is 54.7. The molecule has 0 aliphatic heterocycles. The van der Waals surface area contributed by atoms with Gasteiger partial charge >= 0.3 is 0 Å². The number of nitrogens with two attached hydrogens (primary N) is 1. The van der Waals surface area contributed by atoms with E-state index in [1.54, 1.807) is 6.92 Å². The highest BCUT2D eigenvalue weighted by Gasteiger charge is 2.63. The maximum absolute atomic E-state index is 12.3. The van der Waals surface area contributed by atoms with Gasteiger partial charge in [0.05, 0.1) is 12.2 Å². The molecule has 27 heavy (non-hydrogen) atoms. The summed E-state index contributed by atoms with van der Waals surface area (Å²) < 4.78 is 5.94. The van der Waals surface area contributed by atoms with E-state index in [0.717, 1.165) is 25.7 Å². The minimum absolute atomic E-state index is 0.0518. The van der Waals surface area contributed by atoms with Gasteiger partial charge in [0, 0.05) is 18.6 Å². The lowest BCUT2D eigenvalue weighted by Crippen LogP contribution is -2.63. The molecule has 4 aliphatic rings. The Bertz CT molecular complexity index is 594. The fourth-order valence-corrected chi connectivity index (χ4v) is 8.57. The van der Waals surface area contributed by atoms with E-state index in [4.69, 9.17) is 10.5 Å². The lowest BCUT2D eigenvalue weighted by Gasteiger charge is -2.63. The van der Waals surface area contributed by atoms with Crippen LogP contribution in [0.1, 0.15) is 72.6 Å². The van der Waals surface area contributed by atoms with Crippen molar-refractivity contribution in [1.82, 2.24) is 0 Å². The molecule has 0 aromatic rings. The summed E-state index contributed by atoms with van der Waals surface area (Å²) in [7, 11) is 0. The highest BCUT2D eigenvalue weighted by molar-refractivity contribution is 5.79. The van der Waals surface area contributed by atoms with Crippen molar-refractivity contribution in [3.8, 4) is 0 Å². The van der Waals surface area contributed by atoms with Crippen molar-refractivity contribution in [3.63, 3.8) is 0 Å². The van der Waals surface area contributed by atoms with Crippen LogP contribution in [0.15, 0.2) is 0 Å². The third-order valence-corrected chi connectivity index (χ3v) is 9.53. The van der Waals surface area contributed by atoms with E-state index in [0.29, 0.717) is 36.1 Å². The van der Waals surface area contributed by atoms with Gasteiger partial charge < -0.3 is 15.6 Å². The Kier molecular flexibility index (Phi) is 5.01. The summed E-state index contributed by atoms with van der Waals surface area (Å²) in [5.41, 5.74) is 7.16. The van der Waals surface area contributed by atoms with Crippen molar-refractivity contribution < 1.29 is 14.6 Å². The fourth-order valence-electron chi connectivity index (χ4n) is 8.57. The average molecular weight is 378 g/mol. The lowest BCUT2D eigenvalue weighted by atomic mass is 9.43. The van der Waals surface area contributed by atoms with Crippen LogP contribution in [0.5, 0.6) is 0 Å². The fraction of sp³-hybridized carbons (Fsp3) is 0.957. The van der Waals surface area contributed by atoms with Gasteiger partial charge in [-0.25, -0.2) is 0 Å². The van der Waals surface area contributed by atoms with Gasteiger partial charge in [-0.2, -0.15) is 0 Å². The van der Waals surface area contributed by atoms with Gasteiger partial charge in [0.25, 0.3) is 0 Å². The Hall–Kier alpha value is -0.450. The maximum Gasteiger partial charge on any atom is 0.133 e. The topological polar surface area (TPSA) is 72.5 Å². The monoisotopic (exact) mass is 377 g/mol. The third kappa shape index (κ3) is 2.85.